The van der Waals surface area contributed by atoms with Crippen molar-refractivity contribution in [3.05, 3.63) is 36.0 Å². The molecule has 0 aliphatic rings. The highest BCUT2D eigenvalue weighted by molar-refractivity contribution is 5.96. The van der Waals surface area contributed by atoms with E-state index in [1.54, 1.807) is 23.0 Å². The Kier molecular flexibility index (Phi) is 4.86. The van der Waals surface area contributed by atoms with E-state index in [9.17, 15) is 4.79 Å². The van der Waals surface area contributed by atoms with E-state index in [2.05, 4.69) is 20.4 Å². The van der Waals surface area contributed by atoms with Crippen LogP contribution in [-0.4, -0.2) is 32.3 Å². The highest BCUT2D eigenvalue weighted by Crippen LogP contribution is 2.16. The average Bonchev–Trinajstić information content (AvgIpc) is 2.96. The maximum Gasteiger partial charge on any atom is 0.257 e. The number of aromatic nitrogens is 4. The van der Waals surface area contributed by atoms with Crippen molar-refractivity contribution in [3.8, 4) is 5.88 Å². The van der Waals surface area contributed by atoms with E-state index in [1.165, 1.54) is 6.33 Å². The minimum Gasteiger partial charge on any atom is -0.477 e. The summed E-state index contributed by atoms with van der Waals surface area (Å²) in [7, 11) is 0. The zero-order chi connectivity index (χ0) is 15.2. The minimum atomic E-state index is -0.255. The molecule has 0 aliphatic carbocycles. The minimum absolute atomic E-state index is 0.246. The summed E-state index contributed by atoms with van der Waals surface area (Å²) in [6.07, 6.45) is 3.08. The van der Waals surface area contributed by atoms with E-state index in [1.807, 2.05) is 20.8 Å². The zero-order valence-corrected chi connectivity index (χ0v) is 12.4. The summed E-state index contributed by atoms with van der Waals surface area (Å²) in [5.41, 5.74) is 0.411. The largest absolute Gasteiger partial charge is 0.477 e. The van der Waals surface area contributed by atoms with Crippen LogP contribution in [0.2, 0.25) is 0 Å². The molecule has 1 amide bonds. The predicted octanol–water partition coefficient (Wildman–Crippen LogP) is 1.58. The highest BCUT2D eigenvalue weighted by atomic mass is 16.5. The summed E-state index contributed by atoms with van der Waals surface area (Å²) in [6.45, 7) is 6.85. The normalized spacial score (nSPS) is 12.0. The van der Waals surface area contributed by atoms with E-state index < -0.39 is 0 Å². The lowest BCUT2D eigenvalue weighted by molar-refractivity contribution is 0.0932. The molecule has 2 aromatic rings. The van der Waals surface area contributed by atoms with Gasteiger partial charge in [-0.2, -0.15) is 5.10 Å². The average molecular weight is 289 g/mol. The van der Waals surface area contributed by atoms with E-state index in [0.29, 0.717) is 30.4 Å². The van der Waals surface area contributed by atoms with Crippen molar-refractivity contribution in [3.63, 3.8) is 0 Å². The quantitative estimate of drug-likeness (QED) is 0.873. The van der Waals surface area contributed by atoms with Gasteiger partial charge in [-0.1, -0.05) is 0 Å². The summed E-state index contributed by atoms with van der Waals surface area (Å²) in [4.78, 5) is 20.6. The first-order valence-electron chi connectivity index (χ1n) is 6.93. The van der Waals surface area contributed by atoms with Gasteiger partial charge in [-0.15, -0.1) is 0 Å². The van der Waals surface area contributed by atoms with Crippen LogP contribution < -0.4 is 10.1 Å². The molecule has 0 fully saturated rings. The summed E-state index contributed by atoms with van der Waals surface area (Å²) in [5.74, 6) is 0.805. The van der Waals surface area contributed by atoms with Crippen LogP contribution in [-0.2, 0) is 6.54 Å². The highest BCUT2D eigenvalue weighted by Gasteiger charge is 2.19. The van der Waals surface area contributed by atoms with E-state index in [-0.39, 0.29) is 11.9 Å². The van der Waals surface area contributed by atoms with Crippen LogP contribution in [0.5, 0.6) is 5.88 Å². The van der Waals surface area contributed by atoms with Gasteiger partial charge in [-0.05, 0) is 32.9 Å². The Morgan fingerprint density at radius 1 is 1.43 bits per heavy atom. The Labute approximate surface area is 123 Å². The van der Waals surface area contributed by atoms with E-state index >= 15 is 0 Å². The molecule has 2 aromatic heterocycles. The van der Waals surface area contributed by atoms with Gasteiger partial charge in [-0.3, -0.25) is 4.79 Å². The Balaban J connectivity index is 2.14. The van der Waals surface area contributed by atoms with Gasteiger partial charge < -0.3 is 10.1 Å². The molecule has 7 nitrogen and oxygen atoms in total. The van der Waals surface area contributed by atoms with Crippen LogP contribution in [0.3, 0.4) is 0 Å². The lowest BCUT2D eigenvalue weighted by atomic mass is 10.2. The SMILES string of the molecule is CCOc1ncccc1C(=O)NC(C)c1ncnn1CC. The molecule has 0 saturated heterocycles. The molecule has 112 valence electrons. The number of hydrogen-bond donors (Lipinski definition) is 1. The third-order valence-corrected chi connectivity index (χ3v) is 2.98. The fourth-order valence-corrected chi connectivity index (χ4v) is 2.01. The molecule has 21 heavy (non-hydrogen) atoms. The van der Waals surface area contributed by atoms with E-state index in [4.69, 9.17) is 4.74 Å². The van der Waals surface area contributed by atoms with E-state index in [0.717, 1.165) is 0 Å². The van der Waals surface area contributed by atoms with Gasteiger partial charge >= 0.3 is 0 Å². The molecule has 1 atom stereocenters. The molecule has 2 rings (SSSR count). The summed E-state index contributed by atoms with van der Waals surface area (Å²) >= 11 is 0. The first-order valence-corrected chi connectivity index (χ1v) is 6.93. The van der Waals surface area contributed by atoms with Crippen molar-refractivity contribution in [2.45, 2.75) is 33.4 Å². The second-order valence-corrected chi connectivity index (χ2v) is 4.42. The third-order valence-electron chi connectivity index (χ3n) is 2.98. The third kappa shape index (κ3) is 3.36. The summed E-state index contributed by atoms with van der Waals surface area (Å²) in [6, 6.07) is 3.14. The summed E-state index contributed by atoms with van der Waals surface area (Å²) in [5, 5.41) is 6.99. The van der Waals surface area contributed by atoms with Crippen LogP contribution in [0.25, 0.3) is 0 Å². The Bertz CT molecular complexity index is 611. The number of amides is 1. The van der Waals surface area contributed by atoms with Gasteiger partial charge in [0.05, 0.1) is 12.6 Å². The van der Waals surface area contributed by atoms with Gasteiger partial charge in [0.15, 0.2) is 0 Å². The number of aryl methyl sites for hydroxylation is 1. The zero-order valence-electron chi connectivity index (χ0n) is 12.4. The molecule has 0 saturated carbocycles. The topological polar surface area (TPSA) is 81.9 Å². The number of rotatable bonds is 6. The molecule has 0 aromatic carbocycles. The van der Waals surface area contributed by atoms with Gasteiger partial charge in [0.1, 0.15) is 17.7 Å². The molecule has 7 heteroatoms. The second kappa shape index (κ2) is 6.83. The van der Waals surface area contributed by atoms with Crippen molar-refractivity contribution in [2.75, 3.05) is 6.61 Å². The number of carbonyl (C=O) groups excluding carboxylic acids is 1. The van der Waals surface area contributed by atoms with Gasteiger partial charge in [0.2, 0.25) is 5.88 Å². The second-order valence-electron chi connectivity index (χ2n) is 4.42. The van der Waals surface area contributed by atoms with Crippen molar-refractivity contribution < 1.29 is 9.53 Å². The number of nitrogens with zero attached hydrogens (tertiary/aromatic N) is 4. The Hall–Kier alpha value is -2.44. The van der Waals surface area contributed by atoms with Crippen LogP contribution in [0.4, 0.5) is 0 Å². The molecule has 0 aliphatic heterocycles. The van der Waals surface area contributed by atoms with Gasteiger partial charge in [-0.25, -0.2) is 14.6 Å². The number of pyridine rings is 1. The fraction of sp³-hybridized carbons (Fsp3) is 0.429. The molecule has 2 heterocycles. The number of hydrogen-bond acceptors (Lipinski definition) is 5. The van der Waals surface area contributed by atoms with Crippen molar-refractivity contribution in [1.82, 2.24) is 25.1 Å². The molecule has 0 spiro atoms. The maximum absolute atomic E-state index is 12.4. The molecule has 0 bridgehead atoms. The van der Waals surface area contributed by atoms with Gasteiger partial charge in [0.25, 0.3) is 5.91 Å². The first kappa shape index (κ1) is 15.0. The standard InChI is InChI=1S/C14H19N5O2/c1-4-19-12(16-9-17-19)10(3)18-13(20)11-7-6-8-15-14(11)21-5-2/h6-10H,4-5H2,1-3H3,(H,18,20). The van der Waals surface area contributed by atoms with Gasteiger partial charge in [0, 0.05) is 12.7 Å². The van der Waals surface area contributed by atoms with Crippen LogP contribution in [0, 0.1) is 0 Å². The predicted molar refractivity (Wildman–Crippen MR) is 77.0 cm³/mol. The Morgan fingerprint density at radius 3 is 2.95 bits per heavy atom. The van der Waals surface area contributed by atoms with Crippen LogP contribution in [0.15, 0.2) is 24.7 Å². The lowest BCUT2D eigenvalue weighted by Crippen LogP contribution is -2.29. The fourth-order valence-electron chi connectivity index (χ4n) is 2.01. The molecular formula is C14H19N5O2. The van der Waals surface area contributed by atoms with Crippen molar-refractivity contribution in [1.29, 1.82) is 0 Å². The lowest BCUT2D eigenvalue weighted by Gasteiger charge is -2.15. The number of carbonyl (C=O) groups is 1. The van der Waals surface area contributed by atoms with Crippen LogP contribution in [0.1, 0.15) is 43.0 Å². The summed E-state index contributed by atoms with van der Waals surface area (Å²) < 4.78 is 7.12. The monoisotopic (exact) mass is 289 g/mol. The molecule has 0 radical (unpaired) electrons. The van der Waals surface area contributed by atoms with Crippen molar-refractivity contribution >= 4 is 5.91 Å². The molecular weight excluding hydrogens is 270 g/mol. The number of nitrogens with one attached hydrogen (secondary N) is 1. The van der Waals surface area contributed by atoms with Crippen LogP contribution >= 0.6 is 0 Å². The first-order chi connectivity index (χ1) is 10.2. The molecule has 1 unspecified atom stereocenters. The van der Waals surface area contributed by atoms with Crippen molar-refractivity contribution in [2.24, 2.45) is 0 Å². The number of ether oxygens (including phenoxy) is 1. The smallest absolute Gasteiger partial charge is 0.257 e. The molecule has 1 N–H and O–H groups in total. The maximum atomic E-state index is 12.4. The Morgan fingerprint density at radius 2 is 2.24 bits per heavy atom.